The third-order valence-corrected chi connectivity index (χ3v) is 5.64. The third-order valence-electron chi connectivity index (χ3n) is 5.64. The lowest BCUT2D eigenvalue weighted by Gasteiger charge is -2.34. The van der Waals surface area contributed by atoms with Gasteiger partial charge in [0.25, 0.3) is 5.91 Å². The lowest BCUT2D eigenvalue weighted by molar-refractivity contribution is -0.141. The summed E-state index contributed by atoms with van der Waals surface area (Å²) in [5, 5.41) is 19.3. The van der Waals surface area contributed by atoms with E-state index in [2.05, 4.69) is 15.7 Å². The summed E-state index contributed by atoms with van der Waals surface area (Å²) in [4.78, 5) is 51.0. The zero-order chi connectivity index (χ0) is 24.2. The predicted molar refractivity (Wildman–Crippen MR) is 118 cm³/mol. The summed E-state index contributed by atoms with van der Waals surface area (Å²) in [5.74, 6) is -1.72. The van der Waals surface area contributed by atoms with Crippen molar-refractivity contribution >= 4 is 29.5 Å². The largest absolute Gasteiger partial charge is 0.465 e. The van der Waals surface area contributed by atoms with E-state index < -0.39 is 35.4 Å². The molecule has 2 unspecified atom stereocenters. The summed E-state index contributed by atoms with van der Waals surface area (Å²) in [6.45, 7) is 3.46. The molecule has 0 spiro atoms. The minimum atomic E-state index is -1.46. The summed E-state index contributed by atoms with van der Waals surface area (Å²) in [5.41, 5.74) is 0.191. The minimum absolute atomic E-state index is 0.113. The zero-order valence-electron chi connectivity index (χ0n) is 18.9. The predicted octanol–water partition coefficient (Wildman–Crippen LogP) is 0.411. The van der Waals surface area contributed by atoms with Gasteiger partial charge in [0.2, 0.25) is 11.8 Å². The van der Waals surface area contributed by atoms with Crippen LogP contribution in [0.2, 0.25) is 0 Å². The second-order valence-electron chi connectivity index (χ2n) is 8.62. The second-order valence-corrected chi connectivity index (χ2v) is 8.62. The number of nitrogens with zero attached hydrogens (tertiary/aromatic N) is 3. The van der Waals surface area contributed by atoms with Crippen LogP contribution >= 0.6 is 0 Å². The number of hydrazone groups is 1. The molecule has 3 rings (SSSR count). The molecule has 1 fully saturated rings. The van der Waals surface area contributed by atoms with Crippen LogP contribution in [-0.2, 0) is 25.7 Å². The van der Waals surface area contributed by atoms with E-state index >= 15 is 0 Å². The average molecular weight is 460 g/mol. The molecular formula is C22H29N5O6. The van der Waals surface area contributed by atoms with Crippen LogP contribution < -0.4 is 10.6 Å². The van der Waals surface area contributed by atoms with Crippen LogP contribution in [0.4, 0.5) is 4.79 Å². The van der Waals surface area contributed by atoms with Gasteiger partial charge in [0.05, 0.1) is 24.8 Å². The van der Waals surface area contributed by atoms with Gasteiger partial charge < -0.3 is 25.4 Å². The van der Waals surface area contributed by atoms with Crippen molar-refractivity contribution in [3.8, 4) is 0 Å². The number of rotatable bonds is 8. The quantitative estimate of drug-likeness (QED) is 0.514. The Hall–Kier alpha value is -3.47. The third kappa shape index (κ3) is 5.86. The van der Waals surface area contributed by atoms with Gasteiger partial charge in [-0.3, -0.25) is 14.4 Å². The molecule has 4 amide bonds. The molecule has 1 aromatic rings. The number of carbonyl (C=O) groups excluding carboxylic acids is 3. The fourth-order valence-corrected chi connectivity index (χ4v) is 3.78. The number of piperidine rings is 1. The second kappa shape index (κ2) is 9.99. The van der Waals surface area contributed by atoms with Crippen LogP contribution in [0.3, 0.4) is 0 Å². The molecule has 178 valence electrons. The topological polar surface area (TPSA) is 141 Å². The van der Waals surface area contributed by atoms with E-state index in [1.807, 2.05) is 30.3 Å². The number of hydrogen-bond donors (Lipinski definition) is 3. The highest BCUT2D eigenvalue weighted by molar-refractivity contribution is 6.09. The number of nitrogens with one attached hydrogen (secondary N) is 2. The number of carboxylic acid groups (broad SMARTS) is 1. The fourth-order valence-electron chi connectivity index (χ4n) is 3.78. The molecule has 0 aromatic heterocycles. The summed E-state index contributed by atoms with van der Waals surface area (Å²) in [6, 6.07) is 8.32. The molecular weight excluding hydrogens is 430 g/mol. The first-order chi connectivity index (χ1) is 15.6. The molecule has 3 N–H and O–H groups in total. The molecule has 0 saturated carbocycles. The Morgan fingerprint density at radius 3 is 2.64 bits per heavy atom. The summed E-state index contributed by atoms with van der Waals surface area (Å²) < 4.78 is 5.72. The van der Waals surface area contributed by atoms with Crippen molar-refractivity contribution in [3.05, 3.63) is 35.9 Å². The summed E-state index contributed by atoms with van der Waals surface area (Å²) in [7, 11) is 1.58. The minimum Gasteiger partial charge on any atom is -0.465 e. The highest BCUT2D eigenvalue weighted by Gasteiger charge is 2.41. The zero-order valence-corrected chi connectivity index (χ0v) is 18.9. The Balaban J connectivity index is 1.70. The van der Waals surface area contributed by atoms with E-state index in [0.29, 0.717) is 13.0 Å². The number of fused-ring (bicyclic) bond motifs is 1. The molecule has 2 aliphatic rings. The van der Waals surface area contributed by atoms with Crippen molar-refractivity contribution in [1.82, 2.24) is 20.5 Å². The highest BCUT2D eigenvalue weighted by Crippen LogP contribution is 2.23. The van der Waals surface area contributed by atoms with Gasteiger partial charge >= 0.3 is 6.09 Å². The maximum atomic E-state index is 13.3. The van der Waals surface area contributed by atoms with Crippen LogP contribution in [0, 0.1) is 5.92 Å². The summed E-state index contributed by atoms with van der Waals surface area (Å²) >= 11 is 0. The number of amides is 4. The smallest absolute Gasteiger partial charge is 0.405 e. The Morgan fingerprint density at radius 2 is 1.97 bits per heavy atom. The molecule has 0 radical (unpaired) electrons. The summed E-state index contributed by atoms with van der Waals surface area (Å²) in [6.07, 6.45) is -0.894. The van der Waals surface area contributed by atoms with Gasteiger partial charge in [-0.15, -0.1) is 0 Å². The first kappa shape index (κ1) is 24.2. The number of ether oxygens (including phenoxy) is 1. The van der Waals surface area contributed by atoms with Crippen LogP contribution in [-0.4, -0.2) is 82.9 Å². The molecule has 1 saturated heterocycles. The van der Waals surface area contributed by atoms with Gasteiger partial charge in [0.1, 0.15) is 11.6 Å². The standard InChI is InChI=1S/C22H29N5O6/c1-22(2,24-21(31)32)20(30)23-17(13-33-12-14-7-5-4-6-8-14)19(29)27-10-9-16-15(11-27)18(28)26(3)25-16/h4-8,15,17,24H,9-13H2,1-3H3,(H,23,30)(H,31,32). The van der Waals surface area contributed by atoms with Crippen LogP contribution in [0.1, 0.15) is 25.8 Å². The molecule has 0 bridgehead atoms. The monoisotopic (exact) mass is 459 g/mol. The number of carbonyl (C=O) groups is 4. The van der Waals surface area contributed by atoms with E-state index in [-0.39, 0.29) is 25.7 Å². The molecule has 2 atom stereocenters. The van der Waals surface area contributed by atoms with E-state index in [1.165, 1.54) is 23.8 Å². The van der Waals surface area contributed by atoms with E-state index in [1.54, 1.807) is 7.05 Å². The molecule has 11 heteroatoms. The van der Waals surface area contributed by atoms with Gasteiger partial charge in [-0.1, -0.05) is 30.3 Å². The lowest BCUT2D eigenvalue weighted by Crippen LogP contribution is -2.61. The number of benzene rings is 1. The Morgan fingerprint density at radius 1 is 1.27 bits per heavy atom. The van der Waals surface area contributed by atoms with Gasteiger partial charge in [-0.2, -0.15) is 5.10 Å². The lowest BCUT2D eigenvalue weighted by atomic mass is 9.95. The van der Waals surface area contributed by atoms with E-state index in [0.717, 1.165) is 11.3 Å². The molecule has 2 aliphatic heterocycles. The maximum absolute atomic E-state index is 13.3. The first-order valence-electron chi connectivity index (χ1n) is 10.7. The highest BCUT2D eigenvalue weighted by atomic mass is 16.5. The van der Waals surface area contributed by atoms with Gasteiger partial charge in [0.15, 0.2) is 0 Å². The normalized spacial score (nSPS) is 18.9. The van der Waals surface area contributed by atoms with Crippen molar-refractivity contribution in [2.45, 2.75) is 38.5 Å². The maximum Gasteiger partial charge on any atom is 0.405 e. The first-order valence-corrected chi connectivity index (χ1v) is 10.7. The number of hydrogen-bond acceptors (Lipinski definition) is 6. The SMILES string of the molecule is CN1N=C2CCN(C(=O)C(COCc3ccccc3)NC(=O)C(C)(C)NC(=O)O)CC2C1=O. The average Bonchev–Trinajstić information content (AvgIpc) is 3.05. The Kier molecular flexibility index (Phi) is 7.32. The molecule has 11 nitrogen and oxygen atoms in total. The number of likely N-dealkylation sites (tertiary alicyclic amines) is 1. The molecule has 0 aliphatic carbocycles. The van der Waals surface area contributed by atoms with E-state index in [4.69, 9.17) is 9.84 Å². The Bertz CT molecular complexity index is 948. The molecule has 1 aromatic carbocycles. The van der Waals surface area contributed by atoms with Crippen LogP contribution in [0.15, 0.2) is 35.4 Å². The van der Waals surface area contributed by atoms with Crippen molar-refractivity contribution in [3.63, 3.8) is 0 Å². The van der Waals surface area contributed by atoms with Crippen molar-refractivity contribution in [2.75, 3.05) is 26.7 Å². The van der Waals surface area contributed by atoms with Gasteiger partial charge in [-0.05, 0) is 19.4 Å². The van der Waals surface area contributed by atoms with Gasteiger partial charge in [-0.25, -0.2) is 9.80 Å². The van der Waals surface area contributed by atoms with E-state index in [9.17, 15) is 19.2 Å². The van der Waals surface area contributed by atoms with Crippen LogP contribution in [0.25, 0.3) is 0 Å². The van der Waals surface area contributed by atoms with Crippen molar-refractivity contribution in [2.24, 2.45) is 11.0 Å². The Labute approximate surface area is 191 Å². The molecule has 2 heterocycles. The van der Waals surface area contributed by atoms with Crippen molar-refractivity contribution in [1.29, 1.82) is 0 Å². The van der Waals surface area contributed by atoms with Gasteiger partial charge in [0, 0.05) is 26.6 Å². The van der Waals surface area contributed by atoms with Crippen LogP contribution in [0.5, 0.6) is 0 Å². The molecule has 33 heavy (non-hydrogen) atoms. The fraction of sp³-hybridized carbons (Fsp3) is 0.500. The van der Waals surface area contributed by atoms with Crippen molar-refractivity contribution < 1.29 is 29.0 Å².